The van der Waals surface area contributed by atoms with Crippen molar-refractivity contribution in [2.75, 3.05) is 0 Å². The third-order valence-electron chi connectivity index (χ3n) is 3.37. The maximum absolute atomic E-state index is 12.2. The summed E-state index contributed by atoms with van der Waals surface area (Å²) in [6.07, 6.45) is -0.970. The first-order valence-corrected chi connectivity index (χ1v) is 6.85. The molecule has 0 aromatic carbocycles. The van der Waals surface area contributed by atoms with E-state index in [1.807, 2.05) is 10.6 Å². The summed E-state index contributed by atoms with van der Waals surface area (Å²) in [4.78, 5) is 47.8. The molecule has 1 atom stereocenters. The zero-order chi connectivity index (χ0) is 17.3. The van der Waals surface area contributed by atoms with E-state index in [1.165, 1.54) is 6.92 Å². The van der Waals surface area contributed by atoms with E-state index in [0.717, 1.165) is 0 Å². The van der Waals surface area contributed by atoms with Crippen molar-refractivity contribution in [3.63, 3.8) is 0 Å². The molecule has 9 nitrogen and oxygen atoms in total. The Hall–Kier alpha value is -2.16. The Morgan fingerprint density at radius 2 is 1.73 bits per heavy atom. The van der Waals surface area contributed by atoms with Gasteiger partial charge in [0.15, 0.2) is 0 Å². The number of ether oxygens (including phenoxy) is 1. The lowest BCUT2D eigenvalue weighted by molar-refractivity contribution is -0.191. The van der Waals surface area contributed by atoms with Crippen molar-refractivity contribution in [1.82, 2.24) is 15.7 Å². The van der Waals surface area contributed by atoms with E-state index in [2.05, 4.69) is 0 Å². The van der Waals surface area contributed by atoms with Crippen molar-refractivity contribution >= 4 is 23.9 Å². The van der Waals surface area contributed by atoms with Gasteiger partial charge in [0.25, 0.3) is 11.8 Å². The second kappa shape index (κ2) is 5.91. The van der Waals surface area contributed by atoms with Crippen LogP contribution in [0.15, 0.2) is 0 Å². The van der Waals surface area contributed by atoms with Crippen LogP contribution in [0.25, 0.3) is 0 Å². The summed E-state index contributed by atoms with van der Waals surface area (Å²) in [7, 11) is 0. The number of hydroxylamine groups is 2. The number of nitrogens with one attached hydrogen (secondary N) is 2. The zero-order valence-electron chi connectivity index (χ0n) is 13.2. The summed E-state index contributed by atoms with van der Waals surface area (Å²) >= 11 is 0. The van der Waals surface area contributed by atoms with Crippen LogP contribution in [0.4, 0.5) is 9.59 Å². The summed E-state index contributed by atoms with van der Waals surface area (Å²) in [5, 5.41) is 14.0. The van der Waals surface area contributed by atoms with Crippen molar-refractivity contribution in [2.24, 2.45) is 5.92 Å². The molecule has 0 saturated carbocycles. The van der Waals surface area contributed by atoms with Gasteiger partial charge in [0, 0.05) is 5.92 Å². The quantitative estimate of drug-likeness (QED) is 0.401. The van der Waals surface area contributed by atoms with Gasteiger partial charge < -0.3 is 4.74 Å². The number of nitrogens with zero attached hydrogens (tertiary/aromatic N) is 1. The van der Waals surface area contributed by atoms with Crippen molar-refractivity contribution < 1.29 is 29.1 Å². The molecule has 1 heterocycles. The lowest BCUT2D eigenvalue weighted by Crippen LogP contribution is -2.76. The van der Waals surface area contributed by atoms with Crippen LogP contribution in [0, 0.1) is 5.92 Å². The fraction of sp³-hybridized carbons (Fsp3) is 0.692. The Morgan fingerprint density at radius 3 is 2.09 bits per heavy atom. The topological polar surface area (TPSA) is 125 Å². The van der Waals surface area contributed by atoms with Gasteiger partial charge in [-0.1, -0.05) is 20.3 Å². The van der Waals surface area contributed by atoms with Crippen molar-refractivity contribution in [3.05, 3.63) is 0 Å². The SMILES string of the molecule is CCC(C)C1(N(O)C(=O)OC(C)(C)C)C(=O)NC(=O)NC1=O. The van der Waals surface area contributed by atoms with Crippen LogP contribution in [0.5, 0.6) is 0 Å². The van der Waals surface area contributed by atoms with Crippen LogP contribution < -0.4 is 10.6 Å². The molecule has 0 aliphatic carbocycles. The largest absolute Gasteiger partial charge is 0.442 e. The molecule has 0 radical (unpaired) electrons. The van der Waals surface area contributed by atoms with Crippen molar-refractivity contribution in [1.29, 1.82) is 0 Å². The Balaban J connectivity index is 3.28. The number of barbiturate groups is 1. The summed E-state index contributed by atoms with van der Waals surface area (Å²) in [6, 6.07) is -1.01. The molecular weight excluding hydrogens is 294 g/mol. The third-order valence-corrected chi connectivity index (χ3v) is 3.37. The molecule has 0 aromatic heterocycles. The van der Waals surface area contributed by atoms with Crippen LogP contribution in [0.3, 0.4) is 0 Å². The van der Waals surface area contributed by atoms with Crippen molar-refractivity contribution in [2.45, 2.75) is 52.2 Å². The first-order valence-electron chi connectivity index (χ1n) is 6.85. The molecule has 22 heavy (non-hydrogen) atoms. The molecule has 1 fully saturated rings. The molecule has 1 aliphatic rings. The number of urea groups is 1. The normalized spacial score (nSPS) is 19.1. The predicted molar refractivity (Wildman–Crippen MR) is 73.7 cm³/mol. The molecule has 9 heteroatoms. The van der Waals surface area contributed by atoms with Gasteiger partial charge in [-0.3, -0.25) is 25.4 Å². The Kier molecular flexibility index (Phi) is 4.81. The number of carbonyl (C=O) groups is 4. The van der Waals surface area contributed by atoms with Crippen LogP contribution in [0.2, 0.25) is 0 Å². The molecule has 1 rings (SSSR count). The predicted octanol–water partition coefficient (Wildman–Crippen LogP) is 0.764. The van der Waals surface area contributed by atoms with E-state index in [1.54, 1.807) is 27.7 Å². The Labute approximate surface area is 127 Å². The minimum Gasteiger partial charge on any atom is -0.442 e. The van der Waals surface area contributed by atoms with Gasteiger partial charge in [-0.15, -0.1) is 0 Å². The number of imide groups is 2. The molecule has 1 saturated heterocycles. The lowest BCUT2D eigenvalue weighted by atomic mass is 9.80. The first-order chi connectivity index (χ1) is 9.96. The summed E-state index contributed by atoms with van der Waals surface area (Å²) in [5.74, 6) is -2.92. The smallest absolute Gasteiger partial charge is 0.435 e. The van der Waals surface area contributed by atoms with Crippen LogP contribution in [-0.2, 0) is 14.3 Å². The average molecular weight is 315 g/mol. The van der Waals surface area contributed by atoms with Gasteiger partial charge in [-0.05, 0) is 20.8 Å². The van der Waals surface area contributed by atoms with E-state index >= 15 is 0 Å². The molecular formula is C13H21N3O6. The Morgan fingerprint density at radius 1 is 1.27 bits per heavy atom. The van der Waals surface area contributed by atoms with Gasteiger partial charge in [0.2, 0.25) is 5.54 Å². The number of carbonyl (C=O) groups excluding carboxylic acids is 4. The van der Waals surface area contributed by atoms with E-state index < -0.39 is 41.0 Å². The number of hydrogen-bond donors (Lipinski definition) is 3. The number of amides is 5. The summed E-state index contributed by atoms with van der Waals surface area (Å²) in [5.41, 5.74) is -3.21. The fourth-order valence-electron chi connectivity index (χ4n) is 2.12. The van der Waals surface area contributed by atoms with Crippen molar-refractivity contribution in [3.8, 4) is 0 Å². The highest BCUT2D eigenvalue weighted by molar-refractivity contribution is 6.23. The average Bonchev–Trinajstić information content (AvgIpc) is 2.35. The zero-order valence-corrected chi connectivity index (χ0v) is 13.2. The van der Waals surface area contributed by atoms with Crippen LogP contribution in [-0.4, -0.2) is 45.3 Å². The standard InChI is InChI=1S/C13H21N3O6/c1-6-7(2)13(8(17)14-10(19)15-9(13)18)16(21)11(20)22-12(3,4)5/h7,21H,6H2,1-5H3,(H2,14,15,17,18,19). The van der Waals surface area contributed by atoms with E-state index in [0.29, 0.717) is 0 Å². The number of hydrogen-bond acceptors (Lipinski definition) is 6. The second-order valence-electron chi connectivity index (χ2n) is 6.11. The van der Waals surface area contributed by atoms with Crippen LogP contribution in [0.1, 0.15) is 41.0 Å². The van der Waals surface area contributed by atoms with Crippen LogP contribution >= 0.6 is 0 Å². The van der Waals surface area contributed by atoms with Gasteiger partial charge >= 0.3 is 12.1 Å². The Bertz CT molecular complexity index is 490. The van der Waals surface area contributed by atoms with E-state index in [4.69, 9.17) is 4.74 Å². The maximum atomic E-state index is 12.2. The molecule has 3 N–H and O–H groups in total. The van der Waals surface area contributed by atoms with Gasteiger partial charge in [-0.2, -0.15) is 5.06 Å². The highest BCUT2D eigenvalue weighted by Gasteiger charge is 2.60. The van der Waals surface area contributed by atoms with E-state index in [9.17, 15) is 24.4 Å². The van der Waals surface area contributed by atoms with Gasteiger partial charge in [0.1, 0.15) is 5.60 Å². The molecule has 0 aromatic rings. The summed E-state index contributed by atoms with van der Waals surface area (Å²) in [6.45, 7) is 7.88. The van der Waals surface area contributed by atoms with E-state index in [-0.39, 0.29) is 11.5 Å². The highest BCUT2D eigenvalue weighted by Crippen LogP contribution is 2.30. The molecule has 1 unspecified atom stereocenters. The minimum atomic E-state index is -2.27. The molecule has 0 spiro atoms. The first kappa shape index (κ1) is 17.9. The second-order valence-corrected chi connectivity index (χ2v) is 6.11. The fourth-order valence-corrected chi connectivity index (χ4v) is 2.12. The molecule has 1 aliphatic heterocycles. The number of rotatable bonds is 3. The molecule has 5 amide bonds. The maximum Gasteiger partial charge on any atom is 0.435 e. The third kappa shape index (κ3) is 3.03. The lowest BCUT2D eigenvalue weighted by Gasteiger charge is -2.42. The van der Waals surface area contributed by atoms with Gasteiger partial charge in [-0.25, -0.2) is 9.59 Å². The molecule has 0 bridgehead atoms. The molecule has 124 valence electrons. The van der Waals surface area contributed by atoms with Gasteiger partial charge in [0.05, 0.1) is 0 Å². The summed E-state index contributed by atoms with van der Waals surface area (Å²) < 4.78 is 4.99. The minimum absolute atomic E-state index is 0.0382. The monoisotopic (exact) mass is 315 g/mol. The highest BCUT2D eigenvalue weighted by atomic mass is 16.6.